The maximum atomic E-state index is 4.42. The molecule has 0 aliphatic heterocycles. The molecule has 0 saturated carbocycles. The summed E-state index contributed by atoms with van der Waals surface area (Å²) in [5.41, 5.74) is 2.15. The fourth-order valence-electron chi connectivity index (χ4n) is 1.40. The Morgan fingerprint density at radius 3 is 3.07 bits per heavy atom. The van der Waals surface area contributed by atoms with Gasteiger partial charge < -0.3 is 9.88 Å². The maximum absolute atomic E-state index is 4.42. The van der Waals surface area contributed by atoms with Crippen molar-refractivity contribution in [3.63, 3.8) is 0 Å². The second-order valence-corrected chi connectivity index (χ2v) is 4.39. The van der Waals surface area contributed by atoms with Crippen LogP contribution >= 0.6 is 11.3 Å². The first-order valence-electron chi connectivity index (χ1n) is 4.84. The number of nitrogens with one attached hydrogen (secondary N) is 1. The standard InChI is InChI=1S/C10H14N4S/c1-8-6-15-10(13-8)5-14-4-9(3-11-2)12-7-14/h4,6-7,11H,3,5H2,1-2H3. The quantitative estimate of drug-likeness (QED) is 0.850. The first-order valence-corrected chi connectivity index (χ1v) is 5.72. The molecule has 2 aromatic rings. The highest BCUT2D eigenvalue weighted by Crippen LogP contribution is 2.10. The molecule has 0 unspecified atom stereocenters. The van der Waals surface area contributed by atoms with Gasteiger partial charge >= 0.3 is 0 Å². The van der Waals surface area contributed by atoms with Crippen LogP contribution < -0.4 is 5.32 Å². The molecule has 0 spiro atoms. The highest BCUT2D eigenvalue weighted by Gasteiger charge is 2.01. The van der Waals surface area contributed by atoms with Gasteiger partial charge in [-0.3, -0.25) is 0 Å². The van der Waals surface area contributed by atoms with Gasteiger partial charge in [0, 0.05) is 23.8 Å². The molecule has 1 N–H and O–H groups in total. The summed E-state index contributed by atoms with van der Waals surface area (Å²) in [5.74, 6) is 0. The van der Waals surface area contributed by atoms with Crippen LogP contribution in [0.3, 0.4) is 0 Å². The summed E-state index contributed by atoms with van der Waals surface area (Å²) in [6.07, 6.45) is 3.90. The highest BCUT2D eigenvalue weighted by molar-refractivity contribution is 7.09. The summed E-state index contributed by atoms with van der Waals surface area (Å²) in [5, 5.41) is 6.27. The third-order valence-electron chi connectivity index (χ3n) is 2.03. The van der Waals surface area contributed by atoms with E-state index in [-0.39, 0.29) is 0 Å². The van der Waals surface area contributed by atoms with Crippen molar-refractivity contribution >= 4 is 11.3 Å². The Balaban J connectivity index is 2.04. The summed E-state index contributed by atoms with van der Waals surface area (Å²) >= 11 is 1.69. The van der Waals surface area contributed by atoms with Crippen molar-refractivity contribution in [2.24, 2.45) is 0 Å². The Labute approximate surface area is 93.0 Å². The lowest BCUT2D eigenvalue weighted by Crippen LogP contribution is -2.05. The summed E-state index contributed by atoms with van der Waals surface area (Å²) < 4.78 is 2.06. The van der Waals surface area contributed by atoms with Crippen molar-refractivity contribution in [1.82, 2.24) is 19.9 Å². The van der Waals surface area contributed by atoms with Gasteiger partial charge in [0.15, 0.2) is 0 Å². The number of aromatic nitrogens is 3. The van der Waals surface area contributed by atoms with Gasteiger partial charge in [0.2, 0.25) is 0 Å². The molecule has 2 aromatic heterocycles. The predicted molar refractivity (Wildman–Crippen MR) is 60.9 cm³/mol. The number of hydrogen-bond donors (Lipinski definition) is 1. The first kappa shape index (κ1) is 10.3. The minimum absolute atomic E-state index is 0.809. The molecule has 0 aromatic carbocycles. The van der Waals surface area contributed by atoms with E-state index < -0.39 is 0 Å². The Morgan fingerprint density at radius 1 is 1.53 bits per heavy atom. The van der Waals surface area contributed by atoms with Crippen molar-refractivity contribution < 1.29 is 0 Å². The van der Waals surface area contributed by atoms with Gasteiger partial charge in [0.05, 0.1) is 18.6 Å². The number of aryl methyl sites for hydroxylation is 1. The Morgan fingerprint density at radius 2 is 2.40 bits per heavy atom. The highest BCUT2D eigenvalue weighted by atomic mass is 32.1. The van der Waals surface area contributed by atoms with Gasteiger partial charge in [-0.15, -0.1) is 11.3 Å². The molecule has 0 radical (unpaired) electrons. The van der Waals surface area contributed by atoms with E-state index in [9.17, 15) is 0 Å². The summed E-state index contributed by atoms with van der Waals surface area (Å²) in [6, 6.07) is 0. The van der Waals surface area contributed by atoms with Crippen LogP contribution in [0.4, 0.5) is 0 Å². The van der Waals surface area contributed by atoms with Crippen molar-refractivity contribution in [2.75, 3.05) is 7.05 Å². The molecular weight excluding hydrogens is 208 g/mol. The predicted octanol–water partition coefficient (Wildman–Crippen LogP) is 1.42. The van der Waals surface area contributed by atoms with E-state index in [0.717, 1.165) is 29.5 Å². The summed E-state index contributed by atoms with van der Waals surface area (Å²) in [4.78, 5) is 8.70. The SMILES string of the molecule is CNCc1cn(Cc2nc(C)cs2)cn1. The van der Waals surface area contributed by atoms with Crippen LogP contribution in [-0.2, 0) is 13.1 Å². The maximum Gasteiger partial charge on any atom is 0.113 e. The number of imidazole rings is 1. The molecule has 5 heteroatoms. The van der Waals surface area contributed by atoms with E-state index in [4.69, 9.17) is 0 Å². The molecule has 4 nitrogen and oxygen atoms in total. The zero-order valence-electron chi connectivity index (χ0n) is 8.90. The van der Waals surface area contributed by atoms with Crippen LogP contribution in [-0.4, -0.2) is 21.6 Å². The van der Waals surface area contributed by atoms with Crippen LogP contribution in [0.25, 0.3) is 0 Å². The van der Waals surface area contributed by atoms with Crippen molar-refractivity contribution in [1.29, 1.82) is 0 Å². The van der Waals surface area contributed by atoms with Crippen LogP contribution in [0.2, 0.25) is 0 Å². The first-order chi connectivity index (χ1) is 7.28. The Kier molecular flexibility index (Phi) is 3.13. The molecule has 80 valence electrons. The Bertz CT molecular complexity index is 432. The molecule has 0 amide bonds. The van der Waals surface area contributed by atoms with Crippen LogP contribution in [0.15, 0.2) is 17.9 Å². The van der Waals surface area contributed by atoms with E-state index in [1.165, 1.54) is 0 Å². The van der Waals surface area contributed by atoms with Crippen LogP contribution in [0.5, 0.6) is 0 Å². The fourth-order valence-corrected chi connectivity index (χ4v) is 2.18. The second-order valence-electron chi connectivity index (χ2n) is 3.45. The number of nitrogens with zero attached hydrogens (tertiary/aromatic N) is 3. The molecule has 0 aliphatic rings. The monoisotopic (exact) mass is 222 g/mol. The molecule has 0 saturated heterocycles. The Hall–Kier alpha value is -1.20. The van der Waals surface area contributed by atoms with Crippen LogP contribution in [0.1, 0.15) is 16.4 Å². The average molecular weight is 222 g/mol. The van der Waals surface area contributed by atoms with E-state index in [1.807, 2.05) is 26.5 Å². The van der Waals surface area contributed by atoms with Gasteiger partial charge in [-0.2, -0.15) is 0 Å². The van der Waals surface area contributed by atoms with Gasteiger partial charge in [0.25, 0.3) is 0 Å². The van der Waals surface area contributed by atoms with Crippen molar-refractivity contribution in [3.05, 3.63) is 34.3 Å². The lowest BCUT2D eigenvalue weighted by molar-refractivity contribution is 0.777. The van der Waals surface area contributed by atoms with E-state index >= 15 is 0 Å². The molecule has 0 atom stereocenters. The number of rotatable bonds is 4. The van der Waals surface area contributed by atoms with Gasteiger partial charge in [-0.25, -0.2) is 9.97 Å². The van der Waals surface area contributed by atoms with Crippen LogP contribution in [0, 0.1) is 6.92 Å². The third-order valence-corrected chi connectivity index (χ3v) is 2.98. The topological polar surface area (TPSA) is 42.7 Å². The molecule has 2 heterocycles. The molecule has 0 fully saturated rings. The van der Waals surface area contributed by atoms with E-state index in [2.05, 4.69) is 25.2 Å². The fraction of sp³-hybridized carbons (Fsp3) is 0.400. The summed E-state index contributed by atoms with van der Waals surface area (Å²) in [7, 11) is 1.92. The van der Waals surface area contributed by atoms with Gasteiger partial charge in [0.1, 0.15) is 5.01 Å². The second kappa shape index (κ2) is 4.55. The smallest absolute Gasteiger partial charge is 0.113 e. The zero-order chi connectivity index (χ0) is 10.7. The zero-order valence-corrected chi connectivity index (χ0v) is 9.71. The van der Waals surface area contributed by atoms with E-state index in [1.54, 1.807) is 11.3 Å². The summed E-state index contributed by atoms with van der Waals surface area (Å²) in [6.45, 7) is 3.64. The largest absolute Gasteiger partial charge is 0.330 e. The lowest BCUT2D eigenvalue weighted by Gasteiger charge is -1.96. The van der Waals surface area contributed by atoms with Gasteiger partial charge in [-0.05, 0) is 14.0 Å². The third kappa shape index (κ3) is 2.64. The minimum atomic E-state index is 0.809. The average Bonchev–Trinajstić information content (AvgIpc) is 2.78. The normalized spacial score (nSPS) is 10.8. The minimum Gasteiger partial charge on any atom is -0.330 e. The molecule has 0 bridgehead atoms. The molecule has 0 aliphatic carbocycles. The molecule has 15 heavy (non-hydrogen) atoms. The molecule has 2 rings (SSSR count). The van der Waals surface area contributed by atoms with Gasteiger partial charge in [-0.1, -0.05) is 0 Å². The van der Waals surface area contributed by atoms with Crippen molar-refractivity contribution in [2.45, 2.75) is 20.0 Å². The van der Waals surface area contributed by atoms with Crippen molar-refractivity contribution in [3.8, 4) is 0 Å². The van der Waals surface area contributed by atoms with E-state index in [0.29, 0.717) is 0 Å². The number of hydrogen-bond acceptors (Lipinski definition) is 4. The number of thiazole rings is 1. The lowest BCUT2D eigenvalue weighted by atomic mass is 10.5. The molecular formula is C10H14N4S.